The summed E-state index contributed by atoms with van der Waals surface area (Å²) in [6.07, 6.45) is 4.55. The van der Waals surface area contributed by atoms with Gasteiger partial charge in [0.05, 0.1) is 7.11 Å². The van der Waals surface area contributed by atoms with Crippen LogP contribution in [0.3, 0.4) is 0 Å². The smallest absolute Gasteiger partial charge is 0.257 e. The van der Waals surface area contributed by atoms with Crippen LogP contribution in [-0.2, 0) is 4.79 Å². The maximum absolute atomic E-state index is 12.3. The average Bonchev–Trinajstić information content (AvgIpc) is 2.85. The van der Waals surface area contributed by atoms with E-state index in [4.69, 9.17) is 4.74 Å². The van der Waals surface area contributed by atoms with Crippen LogP contribution >= 0.6 is 0 Å². The van der Waals surface area contributed by atoms with Crippen molar-refractivity contribution in [2.75, 3.05) is 39.2 Å². The van der Waals surface area contributed by atoms with E-state index in [1.807, 2.05) is 19.0 Å². The van der Waals surface area contributed by atoms with Crippen molar-refractivity contribution in [3.63, 3.8) is 0 Å². The number of hydrogen-bond acceptors (Lipinski definition) is 7. The van der Waals surface area contributed by atoms with Crippen LogP contribution in [0.25, 0.3) is 0 Å². The number of methoxy groups -OCH3 is 1. The molecule has 8 heteroatoms. The number of piperidine rings is 1. The minimum absolute atomic E-state index is 0.0121. The summed E-state index contributed by atoms with van der Waals surface area (Å²) in [5, 5.41) is 2.86. The highest BCUT2D eigenvalue weighted by atomic mass is 16.5. The van der Waals surface area contributed by atoms with Gasteiger partial charge in [0.15, 0.2) is 5.82 Å². The van der Waals surface area contributed by atoms with E-state index >= 15 is 0 Å². The third-order valence-electron chi connectivity index (χ3n) is 4.12. The molecule has 1 fully saturated rings. The first-order chi connectivity index (χ1) is 10.6. The molecule has 0 bridgehead atoms. The summed E-state index contributed by atoms with van der Waals surface area (Å²) in [7, 11) is 5.33. The molecule has 22 heavy (non-hydrogen) atoms. The third kappa shape index (κ3) is 2.34. The Morgan fingerprint density at radius 2 is 1.95 bits per heavy atom. The molecule has 1 aromatic heterocycles. The van der Waals surface area contributed by atoms with Gasteiger partial charge in [-0.25, -0.2) is 15.0 Å². The highest BCUT2D eigenvalue weighted by Crippen LogP contribution is 2.33. The van der Waals surface area contributed by atoms with Crippen LogP contribution in [0.4, 0.5) is 5.82 Å². The number of rotatable bonds is 2. The average molecular weight is 304 g/mol. The van der Waals surface area contributed by atoms with Crippen molar-refractivity contribution in [1.82, 2.24) is 20.2 Å². The molecule has 1 spiro atoms. The fourth-order valence-electron chi connectivity index (χ4n) is 2.82. The normalized spacial score (nSPS) is 19.9. The summed E-state index contributed by atoms with van der Waals surface area (Å²) < 4.78 is 5.26. The zero-order valence-corrected chi connectivity index (χ0v) is 13.0. The Morgan fingerprint density at radius 3 is 2.55 bits per heavy atom. The van der Waals surface area contributed by atoms with Crippen LogP contribution in [-0.4, -0.2) is 66.6 Å². The second-order valence-corrected chi connectivity index (χ2v) is 5.69. The summed E-state index contributed by atoms with van der Waals surface area (Å²) in [5.74, 6) is 1.85. The number of nitrogens with zero attached hydrogens (tertiary/aromatic N) is 5. The number of carbonyl (C=O) groups is 1. The number of nitrogens with one attached hydrogen (secondary N) is 1. The first kappa shape index (κ1) is 14.6. The van der Waals surface area contributed by atoms with Gasteiger partial charge in [-0.05, 0) is 12.8 Å². The molecule has 118 valence electrons. The Kier molecular flexibility index (Phi) is 3.59. The fourth-order valence-corrected chi connectivity index (χ4v) is 2.82. The SMILES string of the molecule is COc1nccnc1N1CCC2(CC1)N=C(N(C)C)NC2=O. The number of carbonyl (C=O) groups excluding carboxylic acids is 1. The van der Waals surface area contributed by atoms with Crippen LogP contribution in [0.2, 0.25) is 0 Å². The standard InChI is InChI=1S/C14H20N6O2/c1-19(2)13-17-12(21)14(18-13)4-8-20(9-5-14)10-11(22-3)16-7-6-15-10/h6-7H,4-5,8-9H2,1-3H3,(H,17,18,21). The van der Waals surface area contributed by atoms with Gasteiger partial charge in [-0.15, -0.1) is 0 Å². The predicted molar refractivity (Wildman–Crippen MR) is 82.0 cm³/mol. The maximum atomic E-state index is 12.3. The summed E-state index contributed by atoms with van der Waals surface area (Å²) in [5.41, 5.74) is -0.647. The van der Waals surface area contributed by atoms with Gasteiger partial charge in [0.2, 0.25) is 5.96 Å². The van der Waals surface area contributed by atoms with Crippen molar-refractivity contribution in [2.24, 2.45) is 4.99 Å². The Bertz CT molecular complexity index is 607. The van der Waals surface area contributed by atoms with E-state index < -0.39 is 5.54 Å². The van der Waals surface area contributed by atoms with E-state index in [1.54, 1.807) is 19.5 Å². The Morgan fingerprint density at radius 1 is 1.27 bits per heavy atom. The predicted octanol–water partition coefficient (Wildman–Crippen LogP) is -0.128. The molecular formula is C14H20N6O2. The van der Waals surface area contributed by atoms with Gasteiger partial charge in [0.25, 0.3) is 11.8 Å². The van der Waals surface area contributed by atoms with Crippen molar-refractivity contribution in [1.29, 1.82) is 0 Å². The van der Waals surface area contributed by atoms with Crippen molar-refractivity contribution < 1.29 is 9.53 Å². The maximum Gasteiger partial charge on any atom is 0.257 e. The molecular weight excluding hydrogens is 284 g/mol. The number of aliphatic imine (C=N–C) groups is 1. The Balaban J connectivity index is 1.77. The second-order valence-electron chi connectivity index (χ2n) is 5.69. The third-order valence-corrected chi connectivity index (χ3v) is 4.12. The van der Waals surface area contributed by atoms with Crippen molar-refractivity contribution in [3.8, 4) is 5.88 Å². The van der Waals surface area contributed by atoms with Gasteiger partial charge in [-0.2, -0.15) is 0 Å². The zero-order valence-electron chi connectivity index (χ0n) is 13.0. The van der Waals surface area contributed by atoms with Crippen LogP contribution in [0.1, 0.15) is 12.8 Å². The van der Waals surface area contributed by atoms with Gasteiger partial charge < -0.3 is 14.5 Å². The highest BCUT2D eigenvalue weighted by Gasteiger charge is 2.46. The molecule has 0 unspecified atom stereocenters. The molecule has 1 saturated heterocycles. The minimum atomic E-state index is -0.647. The summed E-state index contributed by atoms with van der Waals surface area (Å²) in [6.45, 7) is 1.37. The molecule has 0 radical (unpaired) electrons. The number of aromatic nitrogens is 2. The first-order valence-electron chi connectivity index (χ1n) is 7.24. The van der Waals surface area contributed by atoms with Crippen molar-refractivity contribution in [2.45, 2.75) is 18.4 Å². The topological polar surface area (TPSA) is 83.0 Å². The number of guanidine groups is 1. The molecule has 3 heterocycles. The second kappa shape index (κ2) is 5.43. The lowest BCUT2D eigenvalue weighted by Gasteiger charge is -2.36. The first-order valence-corrected chi connectivity index (χ1v) is 7.24. The quantitative estimate of drug-likeness (QED) is 0.819. The fraction of sp³-hybridized carbons (Fsp3) is 0.571. The Hall–Kier alpha value is -2.38. The van der Waals surface area contributed by atoms with Crippen molar-refractivity contribution >= 4 is 17.7 Å². The van der Waals surface area contributed by atoms with Crippen molar-refractivity contribution in [3.05, 3.63) is 12.4 Å². The summed E-state index contributed by atoms with van der Waals surface area (Å²) >= 11 is 0. The van der Waals surface area contributed by atoms with Gasteiger partial charge in [-0.1, -0.05) is 0 Å². The molecule has 8 nitrogen and oxygen atoms in total. The molecule has 2 aliphatic heterocycles. The lowest BCUT2D eigenvalue weighted by atomic mass is 9.88. The number of ether oxygens (including phenoxy) is 1. The van der Waals surface area contributed by atoms with Crippen LogP contribution in [0, 0.1) is 0 Å². The molecule has 0 saturated carbocycles. The van der Waals surface area contributed by atoms with Crippen LogP contribution < -0.4 is 15.0 Å². The minimum Gasteiger partial charge on any atom is -0.478 e. The van der Waals surface area contributed by atoms with E-state index in [-0.39, 0.29) is 5.91 Å². The molecule has 3 rings (SSSR count). The van der Waals surface area contributed by atoms with E-state index in [0.29, 0.717) is 37.8 Å². The zero-order chi connectivity index (χ0) is 15.7. The largest absolute Gasteiger partial charge is 0.478 e. The Labute approximate surface area is 129 Å². The van der Waals surface area contributed by atoms with Crippen LogP contribution in [0.5, 0.6) is 5.88 Å². The molecule has 1 aromatic rings. The van der Waals surface area contributed by atoms with E-state index in [9.17, 15) is 4.79 Å². The van der Waals surface area contributed by atoms with Crippen LogP contribution in [0.15, 0.2) is 17.4 Å². The van der Waals surface area contributed by atoms with Gasteiger partial charge >= 0.3 is 0 Å². The lowest BCUT2D eigenvalue weighted by Crippen LogP contribution is -2.49. The van der Waals surface area contributed by atoms with Gasteiger partial charge in [0.1, 0.15) is 5.54 Å². The van der Waals surface area contributed by atoms with E-state index in [0.717, 1.165) is 5.82 Å². The molecule has 1 N–H and O–H groups in total. The summed E-state index contributed by atoms with van der Waals surface area (Å²) in [6, 6.07) is 0. The molecule has 1 amide bonds. The lowest BCUT2D eigenvalue weighted by molar-refractivity contribution is -0.124. The molecule has 0 atom stereocenters. The summed E-state index contributed by atoms with van der Waals surface area (Å²) in [4.78, 5) is 29.4. The van der Waals surface area contributed by atoms with E-state index in [2.05, 4.69) is 25.2 Å². The highest BCUT2D eigenvalue weighted by molar-refractivity contribution is 6.07. The molecule has 2 aliphatic rings. The molecule has 0 aliphatic carbocycles. The number of hydrogen-bond donors (Lipinski definition) is 1. The number of anilines is 1. The van der Waals surface area contributed by atoms with E-state index in [1.165, 1.54) is 0 Å². The molecule has 0 aromatic carbocycles. The van der Waals surface area contributed by atoms with Gasteiger partial charge in [-0.3, -0.25) is 10.1 Å². The van der Waals surface area contributed by atoms with Gasteiger partial charge in [0, 0.05) is 39.6 Å². The monoisotopic (exact) mass is 304 g/mol. The number of amides is 1.